The molecule has 3 unspecified atom stereocenters. The first kappa shape index (κ1) is 14.5. The van der Waals surface area contributed by atoms with E-state index in [2.05, 4.69) is 40.2 Å². The molecule has 3 nitrogen and oxygen atoms in total. The number of rotatable bonds is 3. The van der Waals surface area contributed by atoms with Crippen LogP contribution in [0.2, 0.25) is 0 Å². The van der Waals surface area contributed by atoms with E-state index in [1.165, 1.54) is 5.56 Å². The molecule has 3 rings (SSSR count). The lowest BCUT2D eigenvalue weighted by atomic mass is 9.80. The Morgan fingerprint density at radius 3 is 2.80 bits per heavy atom. The number of halogens is 1. The van der Waals surface area contributed by atoms with Crippen LogP contribution in [0.5, 0.6) is 0 Å². The van der Waals surface area contributed by atoms with Gasteiger partial charge in [0.15, 0.2) is 0 Å². The summed E-state index contributed by atoms with van der Waals surface area (Å²) in [5.74, 6) is 0.536. The smallest absolute Gasteiger partial charge is 0.0939 e. The van der Waals surface area contributed by atoms with Gasteiger partial charge in [0.05, 0.1) is 12.2 Å². The van der Waals surface area contributed by atoms with Gasteiger partial charge in [-0.25, -0.2) is 0 Å². The zero-order valence-corrected chi connectivity index (χ0v) is 13.3. The lowest BCUT2D eigenvalue weighted by Gasteiger charge is -2.39. The third-order valence-electron chi connectivity index (χ3n) is 4.59. The minimum atomic E-state index is -0.0414. The van der Waals surface area contributed by atoms with Gasteiger partial charge in [0.2, 0.25) is 0 Å². The summed E-state index contributed by atoms with van der Waals surface area (Å²) in [6.45, 7) is 2.39. The highest BCUT2D eigenvalue weighted by molar-refractivity contribution is 9.10. The van der Waals surface area contributed by atoms with Crippen molar-refractivity contribution >= 4 is 15.9 Å². The standard InChI is InChI=1S/C16H22BrNO2/c17-14-3-1-12(2-4-14)9-15(18)13-5-7-20-16(10-13)6-8-19-11-16/h1-4,13,15H,5-11,18H2. The van der Waals surface area contributed by atoms with Crippen molar-refractivity contribution in [3.63, 3.8) is 0 Å². The molecule has 20 heavy (non-hydrogen) atoms. The molecule has 0 aromatic heterocycles. The van der Waals surface area contributed by atoms with Gasteiger partial charge in [0.1, 0.15) is 0 Å². The van der Waals surface area contributed by atoms with E-state index < -0.39 is 0 Å². The van der Waals surface area contributed by atoms with Gasteiger partial charge in [-0.15, -0.1) is 0 Å². The Bertz CT molecular complexity index is 442. The van der Waals surface area contributed by atoms with Crippen LogP contribution in [0.25, 0.3) is 0 Å². The minimum Gasteiger partial charge on any atom is -0.378 e. The molecule has 3 atom stereocenters. The van der Waals surface area contributed by atoms with Crippen molar-refractivity contribution in [2.24, 2.45) is 11.7 Å². The maximum atomic E-state index is 6.46. The molecule has 0 aliphatic carbocycles. The van der Waals surface area contributed by atoms with E-state index in [9.17, 15) is 0 Å². The third kappa shape index (κ3) is 3.25. The highest BCUT2D eigenvalue weighted by Gasteiger charge is 2.42. The van der Waals surface area contributed by atoms with Crippen molar-refractivity contribution in [2.75, 3.05) is 19.8 Å². The van der Waals surface area contributed by atoms with Gasteiger partial charge in [-0.3, -0.25) is 0 Å². The Morgan fingerprint density at radius 1 is 1.30 bits per heavy atom. The molecule has 2 aliphatic heterocycles. The molecule has 1 spiro atoms. The summed E-state index contributed by atoms with van der Waals surface area (Å²) in [5.41, 5.74) is 7.73. The van der Waals surface area contributed by atoms with Crippen LogP contribution >= 0.6 is 15.9 Å². The first-order chi connectivity index (χ1) is 9.67. The van der Waals surface area contributed by atoms with E-state index >= 15 is 0 Å². The zero-order valence-electron chi connectivity index (χ0n) is 11.7. The van der Waals surface area contributed by atoms with Gasteiger partial charge < -0.3 is 15.2 Å². The van der Waals surface area contributed by atoms with Crippen molar-refractivity contribution in [1.82, 2.24) is 0 Å². The monoisotopic (exact) mass is 339 g/mol. The molecule has 1 aromatic rings. The molecular formula is C16H22BrNO2. The molecule has 2 aliphatic rings. The maximum absolute atomic E-state index is 6.46. The van der Waals surface area contributed by atoms with Crippen LogP contribution in [0.3, 0.4) is 0 Å². The molecule has 0 bridgehead atoms. The molecule has 1 aromatic carbocycles. The average molecular weight is 340 g/mol. The summed E-state index contributed by atoms with van der Waals surface area (Å²) < 4.78 is 12.6. The van der Waals surface area contributed by atoms with Crippen LogP contribution in [-0.2, 0) is 15.9 Å². The first-order valence-electron chi connectivity index (χ1n) is 7.39. The predicted octanol–water partition coefficient (Wildman–Crippen LogP) is 2.90. The Kier molecular flexibility index (Phi) is 4.46. The quantitative estimate of drug-likeness (QED) is 0.920. The van der Waals surface area contributed by atoms with E-state index in [0.717, 1.165) is 50.0 Å². The molecule has 0 amide bonds. The third-order valence-corrected chi connectivity index (χ3v) is 5.12. The van der Waals surface area contributed by atoms with Crippen molar-refractivity contribution in [3.8, 4) is 0 Å². The number of benzene rings is 1. The topological polar surface area (TPSA) is 44.5 Å². The number of hydrogen-bond acceptors (Lipinski definition) is 3. The molecular weight excluding hydrogens is 318 g/mol. The molecule has 110 valence electrons. The normalized spacial score (nSPS) is 31.6. The van der Waals surface area contributed by atoms with Crippen molar-refractivity contribution in [2.45, 2.75) is 37.3 Å². The summed E-state index contributed by atoms with van der Waals surface area (Å²) in [6, 6.07) is 8.67. The highest BCUT2D eigenvalue weighted by atomic mass is 79.9. The van der Waals surface area contributed by atoms with Gasteiger partial charge in [0.25, 0.3) is 0 Å². The fraction of sp³-hybridized carbons (Fsp3) is 0.625. The lowest BCUT2D eigenvalue weighted by molar-refractivity contribution is -0.101. The fourth-order valence-corrected chi connectivity index (χ4v) is 3.62. The molecule has 4 heteroatoms. The Balaban J connectivity index is 1.61. The molecule has 2 saturated heterocycles. The molecule has 0 saturated carbocycles. The van der Waals surface area contributed by atoms with E-state index in [0.29, 0.717) is 5.92 Å². The largest absolute Gasteiger partial charge is 0.378 e. The first-order valence-corrected chi connectivity index (χ1v) is 8.18. The summed E-state index contributed by atoms with van der Waals surface area (Å²) in [7, 11) is 0. The van der Waals surface area contributed by atoms with Gasteiger partial charge in [-0.1, -0.05) is 28.1 Å². The molecule has 0 radical (unpaired) electrons. The lowest BCUT2D eigenvalue weighted by Crippen LogP contribution is -2.46. The Hall–Kier alpha value is -0.420. The highest BCUT2D eigenvalue weighted by Crippen LogP contribution is 2.37. The molecule has 2 heterocycles. The van der Waals surface area contributed by atoms with Crippen LogP contribution in [0.15, 0.2) is 28.7 Å². The second-order valence-electron chi connectivity index (χ2n) is 6.08. The molecule has 2 fully saturated rings. The second-order valence-corrected chi connectivity index (χ2v) is 7.00. The summed E-state index contributed by atoms with van der Waals surface area (Å²) >= 11 is 3.47. The van der Waals surface area contributed by atoms with E-state index in [-0.39, 0.29) is 11.6 Å². The van der Waals surface area contributed by atoms with Gasteiger partial charge in [-0.05, 0) is 42.9 Å². The van der Waals surface area contributed by atoms with E-state index in [4.69, 9.17) is 15.2 Å². The van der Waals surface area contributed by atoms with Crippen molar-refractivity contribution in [1.29, 1.82) is 0 Å². The SMILES string of the molecule is NC(Cc1ccc(Br)cc1)C1CCOC2(CCOC2)C1. The summed E-state index contributed by atoms with van der Waals surface area (Å²) in [6.07, 6.45) is 4.08. The van der Waals surface area contributed by atoms with Crippen LogP contribution in [0.1, 0.15) is 24.8 Å². The van der Waals surface area contributed by atoms with Crippen molar-refractivity contribution < 1.29 is 9.47 Å². The fourth-order valence-electron chi connectivity index (χ4n) is 3.35. The van der Waals surface area contributed by atoms with Gasteiger partial charge >= 0.3 is 0 Å². The number of ether oxygens (including phenoxy) is 2. The van der Waals surface area contributed by atoms with Crippen molar-refractivity contribution in [3.05, 3.63) is 34.3 Å². The van der Waals surface area contributed by atoms with Gasteiger partial charge in [-0.2, -0.15) is 0 Å². The van der Waals surface area contributed by atoms with E-state index in [1.54, 1.807) is 0 Å². The average Bonchev–Trinajstić information content (AvgIpc) is 2.89. The van der Waals surface area contributed by atoms with Gasteiger partial charge in [0, 0.05) is 30.1 Å². The zero-order chi connectivity index (χ0) is 14.0. The number of nitrogens with two attached hydrogens (primary N) is 1. The van der Waals surface area contributed by atoms with Crippen LogP contribution in [0, 0.1) is 5.92 Å². The van der Waals surface area contributed by atoms with E-state index in [1.807, 2.05) is 0 Å². The number of hydrogen-bond donors (Lipinski definition) is 1. The van der Waals surface area contributed by atoms with Crippen LogP contribution < -0.4 is 5.73 Å². The molecule has 2 N–H and O–H groups in total. The van der Waals surface area contributed by atoms with Crippen LogP contribution in [0.4, 0.5) is 0 Å². The van der Waals surface area contributed by atoms with Crippen LogP contribution in [-0.4, -0.2) is 31.5 Å². The summed E-state index contributed by atoms with van der Waals surface area (Å²) in [5, 5.41) is 0. The maximum Gasteiger partial charge on any atom is 0.0939 e. The summed E-state index contributed by atoms with van der Waals surface area (Å²) in [4.78, 5) is 0. The Labute approximate surface area is 129 Å². The second kappa shape index (κ2) is 6.14. The minimum absolute atomic E-state index is 0.0414. The Morgan fingerprint density at radius 2 is 2.10 bits per heavy atom. The predicted molar refractivity (Wildman–Crippen MR) is 82.7 cm³/mol.